The number of fused-ring (bicyclic) bond motifs is 1. The second kappa shape index (κ2) is 13.4. The minimum absolute atomic E-state index is 0.0164. The van der Waals surface area contributed by atoms with E-state index in [0.29, 0.717) is 24.7 Å². The zero-order valence-electron chi connectivity index (χ0n) is 23.3. The quantitative estimate of drug-likeness (QED) is 0.432. The summed E-state index contributed by atoms with van der Waals surface area (Å²) in [5.41, 5.74) is 0.504. The molecule has 2 fully saturated rings. The van der Waals surface area contributed by atoms with Crippen LogP contribution in [-0.2, 0) is 30.3 Å². The minimum Gasteiger partial charge on any atom is -0.465 e. The number of amides is 1. The van der Waals surface area contributed by atoms with Crippen LogP contribution in [-0.4, -0.2) is 59.6 Å². The van der Waals surface area contributed by atoms with E-state index in [9.17, 15) is 14.4 Å². The molecule has 1 N–H and O–H groups in total. The van der Waals surface area contributed by atoms with Crippen LogP contribution in [0.4, 0.5) is 0 Å². The Hall–Kier alpha value is -2.41. The summed E-state index contributed by atoms with van der Waals surface area (Å²) in [5.74, 6) is 0.323. The lowest BCUT2D eigenvalue weighted by molar-refractivity contribution is -0.160. The van der Waals surface area contributed by atoms with Gasteiger partial charge in [-0.05, 0) is 77.7 Å². The van der Waals surface area contributed by atoms with Crippen LogP contribution in [0.3, 0.4) is 0 Å². The summed E-state index contributed by atoms with van der Waals surface area (Å²) in [5, 5.41) is 3.24. The fourth-order valence-electron chi connectivity index (χ4n) is 5.94. The van der Waals surface area contributed by atoms with Crippen molar-refractivity contribution in [2.45, 2.75) is 110 Å². The van der Waals surface area contributed by atoms with Crippen LogP contribution in [0.25, 0.3) is 0 Å². The van der Waals surface area contributed by atoms with Crippen LogP contribution in [0.1, 0.15) is 85.1 Å². The molecule has 2 unspecified atom stereocenters. The zero-order valence-corrected chi connectivity index (χ0v) is 23.3. The summed E-state index contributed by atoms with van der Waals surface area (Å²) < 4.78 is 10.9. The van der Waals surface area contributed by atoms with E-state index in [2.05, 4.69) is 5.32 Å². The van der Waals surface area contributed by atoms with Gasteiger partial charge in [-0.15, -0.1) is 0 Å². The lowest BCUT2D eigenvalue weighted by Gasteiger charge is -2.33. The smallest absolute Gasteiger partial charge is 0.326 e. The summed E-state index contributed by atoms with van der Waals surface area (Å²) >= 11 is 0. The predicted octanol–water partition coefficient (Wildman–Crippen LogP) is 4.67. The van der Waals surface area contributed by atoms with Crippen molar-refractivity contribution in [3.05, 3.63) is 35.9 Å². The molecule has 2 aliphatic rings. The lowest BCUT2D eigenvalue weighted by Crippen LogP contribution is -2.54. The number of benzene rings is 1. The van der Waals surface area contributed by atoms with E-state index in [4.69, 9.17) is 9.47 Å². The number of nitrogens with one attached hydrogen (secondary N) is 1. The molecule has 37 heavy (non-hydrogen) atoms. The number of rotatable bonds is 11. The number of carbonyl (C=O) groups excluding carboxylic acids is 3. The normalized spacial score (nSPS) is 23.0. The first-order chi connectivity index (χ1) is 17.6. The van der Waals surface area contributed by atoms with Crippen LogP contribution < -0.4 is 5.32 Å². The monoisotopic (exact) mass is 514 g/mol. The van der Waals surface area contributed by atoms with E-state index in [1.165, 1.54) is 25.7 Å². The summed E-state index contributed by atoms with van der Waals surface area (Å²) in [7, 11) is 0. The second-order valence-corrected chi connectivity index (χ2v) is 11.7. The first-order valence-electron chi connectivity index (χ1n) is 14.1. The Bertz CT molecular complexity index is 883. The number of nitrogens with zero attached hydrogens (tertiary/aromatic N) is 1. The van der Waals surface area contributed by atoms with E-state index >= 15 is 0 Å². The fraction of sp³-hybridized carbons (Fsp3) is 0.700. The van der Waals surface area contributed by atoms with Gasteiger partial charge in [0.25, 0.3) is 0 Å². The number of hydrogen-bond donors (Lipinski definition) is 1. The Labute approximate surface area is 222 Å². The molecular formula is C30H46N2O5. The second-order valence-electron chi connectivity index (χ2n) is 11.7. The van der Waals surface area contributed by atoms with Gasteiger partial charge in [0.2, 0.25) is 5.91 Å². The minimum atomic E-state index is -0.643. The molecule has 0 bridgehead atoms. The summed E-state index contributed by atoms with van der Waals surface area (Å²) in [6.07, 6.45) is 7.96. The van der Waals surface area contributed by atoms with E-state index in [1.54, 1.807) is 18.7 Å². The zero-order chi connectivity index (χ0) is 27.0. The highest BCUT2D eigenvalue weighted by Crippen LogP contribution is 2.44. The number of esters is 2. The van der Waals surface area contributed by atoms with Crippen molar-refractivity contribution in [3.63, 3.8) is 0 Å². The summed E-state index contributed by atoms with van der Waals surface area (Å²) in [4.78, 5) is 41.2. The van der Waals surface area contributed by atoms with Gasteiger partial charge < -0.3 is 14.4 Å². The van der Waals surface area contributed by atoms with Crippen molar-refractivity contribution in [2.24, 2.45) is 11.8 Å². The predicted molar refractivity (Wildman–Crippen MR) is 144 cm³/mol. The van der Waals surface area contributed by atoms with Crippen molar-refractivity contribution in [2.75, 3.05) is 13.2 Å². The van der Waals surface area contributed by atoms with Crippen molar-refractivity contribution < 1.29 is 23.9 Å². The Kier molecular flexibility index (Phi) is 10.6. The molecule has 0 spiro atoms. The summed E-state index contributed by atoms with van der Waals surface area (Å²) in [6, 6.07) is 8.72. The Morgan fingerprint density at radius 3 is 2.24 bits per heavy atom. The van der Waals surface area contributed by atoms with E-state index in [-0.39, 0.29) is 31.1 Å². The third-order valence-electron chi connectivity index (χ3n) is 7.62. The van der Waals surface area contributed by atoms with Gasteiger partial charge in [-0.3, -0.25) is 19.7 Å². The molecule has 1 aromatic carbocycles. The topological polar surface area (TPSA) is 84.9 Å². The molecule has 1 aromatic rings. The maximum atomic E-state index is 13.8. The van der Waals surface area contributed by atoms with E-state index < -0.39 is 23.7 Å². The van der Waals surface area contributed by atoms with E-state index in [1.807, 2.05) is 51.1 Å². The number of aryl methyl sites for hydroxylation is 1. The standard InChI is InChI=1S/C30H46N2O5/c1-6-36-29(35)26(17-16-22-12-8-7-9-13-22)31-21(2)28(34)32(20-27(33)37-30(3,4)5)25-18-23-14-10-11-15-24(23)19-25/h7-9,12-13,21,23-26,31H,6,10-11,14-20H2,1-5H3/t21-,23-,24+,25?,26?/m0/s1. The van der Waals surface area contributed by atoms with Gasteiger partial charge in [-0.2, -0.15) is 0 Å². The first-order valence-corrected chi connectivity index (χ1v) is 14.1. The maximum Gasteiger partial charge on any atom is 0.326 e. The molecule has 0 saturated heterocycles. The highest BCUT2D eigenvalue weighted by Gasteiger charge is 2.41. The maximum absolute atomic E-state index is 13.8. The third kappa shape index (κ3) is 8.84. The van der Waals surface area contributed by atoms with Gasteiger partial charge in [0, 0.05) is 6.04 Å². The third-order valence-corrected chi connectivity index (χ3v) is 7.62. The van der Waals surface area contributed by atoms with Gasteiger partial charge in [-0.25, -0.2) is 0 Å². The first kappa shape index (κ1) is 29.2. The van der Waals surface area contributed by atoms with Crippen LogP contribution in [0.5, 0.6) is 0 Å². The fourth-order valence-corrected chi connectivity index (χ4v) is 5.94. The molecule has 2 saturated carbocycles. The van der Waals surface area contributed by atoms with Crippen LogP contribution in [0.2, 0.25) is 0 Å². The van der Waals surface area contributed by atoms with Crippen molar-refractivity contribution >= 4 is 17.8 Å². The lowest BCUT2D eigenvalue weighted by atomic mass is 9.82. The van der Waals surface area contributed by atoms with Gasteiger partial charge in [0.15, 0.2) is 0 Å². The van der Waals surface area contributed by atoms with Crippen molar-refractivity contribution in [3.8, 4) is 0 Å². The van der Waals surface area contributed by atoms with Gasteiger partial charge in [0.05, 0.1) is 12.6 Å². The van der Waals surface area contributed by atoms with E-state index in [0.717, 1.165) is 18.4 Å². The Balaban J connectivity index is 1.72. The molecule has 7 nitrogen and oxygen atoms in total. The van der Waals surface area contributed by atoms with Crippen LogP contribution >= 0.6 is 0 Å². The molecule has 0 radical (unpaired) electrons. The average Bonchev–Trinajstić information content (AvgIpc) is 3.28. The Morgan fingerprint density at radius 1 is 1.05 bits per heavy atom. The SMILES string of the molecule is CCOC(=O)C(CCc1ccccc1)N[C@@H](C)C(=O)N(CC(=O)OC(C)(C)C)C1C[C@H]2CCCC[C@H]2C1. The van der Waals surface area contributed by atoms with Gasteiger partial charge in [-0.1, -0.05) is 56.0 Å². The van der Waals surface area contributed by atoms with Crippen molar-refractivity contribution in [1.29, 1.82) is 0 Å². The molecule has 206 valence electrons. The number of carbonyl (C=O) groups is 3. The average molecular weight is 515 g/mol. The van der Waals surface area contributed by atoms with Gasteiger partial charge in [0.1, 0.15) is 18.2 Å². The molecule has 0 aromatic heterocycles. The highest BCUT2D eigenvalue weighted by molar-refractivity contribution is 5.87. The van der Waals surface area contributed by atoms with Crippen LogP contribution in [0, 0.1) is 11.8 Å². The molecule has 5 atom stereocenters. The molecular weight excluding hydrogens is 468 g/mol. The number of ether oxygens (including phenoxy) is 2. The largest absolute Gasteiger partial charge is 0.465 e. The van der Waals surface area contributed by atoms with Gasteiger partial charge >= 0.3 is 11.9 Å². The highest BCUT2D eigenvalue weighted by atomic mass is 16.6. The molecule has 7 heteroatoms. The molecule has 3 rings (SSSR count). The molecule has 2 aliphatic carbocycles. The molecule has 0 aliphatic heterocycles. The molecule has 1 amide bonds. The van der Waals surface area contributed by atoms with Crippen LogP contribution in [0.15, 0.2) is 30.3 Å². The molecule has 0 heterocycles. The summed E-state index contributed by atoms with van der Waals surface area (Å²) in [6.45, 7) is 9.27. The Morgan fingerprint density at radius 2 is 1.68 bits per heavy atom. The van der Waals surface area contributed by atoms with Crippen molar-refractivity contribution in [1.82, 2.24) is 10.2 Å². The number of hydrogen-bond acceptors (Lipinski definition) is 6.